The van der Waals surface area contributed by atoms with Gasteiger partial charge in [0.15, 0.2) is 0 Å². The van der Waals surface area contributed by atoms with Crippen molar-refractivity contribution in [2.45, 2.75) is 27.0 Å². The van der Waals surface area contributed by atoms with Crippen LogP contribution in [-0.2, 0) is 22.7 Å². The predicted molar refractivity (Wildman–Crippen MR) is 104 cm³/mol. The fourth-order valence-electron chi connectivity index (χ4n) is 2.94. The van der Waals surface area contributed by atoms with Gasteiger partial charge in [0.25, 0.3) is 5.56 Å². The van der Waals surface area contributed by atoms with Crippen LogP contribution in [0.2, 0.25) is 0 Å². The minimum atomic E-state index is -0.914. The van der Waals surface area contributed by atoms with E-state index in [2.05, 4.69) is 4.98 Å². The number of carbonyl (C=O) groups is 1. The molecule has 146 valence electrons. The maximum Gasteiger partial charge on any atom is 0.313 e. The molecule has 0 saturated heterocycles. The third-order valence-corrected chi connectivity index (χ3v) is 4.43. The molecule has 1 N–H and O–H groups in total. The lowest BCUT2D eigenvalue weighted by Crippen LogP contribution is -2.35. The van der Waals surface area contributed by atoms with Gasteiger partial charge < -0.3 is 14.6 Å². The summed E-state index contributed by atoms with van der Waals surface area (Å²) in [5, 5.41) is 10.5. The van der Waals surface area contributed by atoms with Crippen LogP contribution in [-0.4, -0.2) is 27.7 Å². The molecule has 7 nitrogen and oxygen atoms in total. The molecule has 1 aromatic heterocycles. The molecule has 0 saturated carbocycles. The van der Waals surface area contributed by atoms with Gasteiger partial charge >= 0.3 is 5.97 Å². The minimum Gasteiger partial charge on any atom is -0.507 e. The van der Waals surface area contributed by atoms with E-state index in [1.165, 1.54) is 24.1 Å². The summed E-state index contributed by atoms with van der Waals surface area (Å²) >= 11 is 0. The molecule has 0 aliphatic heterocycles. The quantitative estimate of drug-likeness (QED) is 0.659. The van der Waals surface area contributed by atoms with Gasteiger partial charge in [-0.1, -0.05) is 30.3 Å². The number of ether oxygens (including phenoxy) is 2. The van der Waals surface area contributed by atoms with Crippen molar-refractivity contribution < 1.29 is 19.4 Å². The third kappa shape index (κ3) is 3.98. The molecule has 28 heavy (non-hydrogen) atoms. The Morgan fingerprint density at radius 3 is 2.61 bits per heavy atom. The molecule has 7 heteroatoms. The molecule has 0 atom stereocenters. The van der Waals surface area contributed by atoms with Crippen LogP contribution >= 0.6 is 0 Å². The molecule has 0 aliphatic rings. The van der Waals surface area contributed by atoms with Crippen LogP contribution in [0.15, 0.2) is 53.6 Å². The third-order valence-electron chi connectivity index (χ3n) is 4.43. The van der Waals surface area contributed by atoms with Gasteiger partial charge in [-0.05, 0) is 19.4 Å². The summed E-state index contributed by atoms with van der Waals surface area (Å²) in [6.07, 6.45) is 1.36. The van der Waals surface area contributed by atoms with Gasteiger partial charge in [-0.15, -0.1) is 0 Å². The summed E-state index contributed by atoms with van der Waals surface area (Å²) in [5.74, 6) is -0.245. The highest BCUT2D eigenvalue weighted by Gasteiger charge is 2.30. The Morgan fingerprint density at radius 1 is 1.21 bits per heavy atom. The van der Waals surface area contributed by atoms with Gasteiger partial charge in [-0.2, -0.15) is 0 Å². The number of esters is 1. The first kappa shape index (κ1) is 19.4. The SMILES string of the molecule is COC(=O)C(C)(C)Cn1cnc2cc(OCc3ccccc3)cc(O)c2c1=O. The van der Waals surface area contributed by atoms with Crippen molar-refractivity contribution in [3.05, 3.63) is 64.7 Å². The van der Waals surface area contributed by atoms with Crippen molar-refractivity contribution in [1.29, 1.82) is 0 Å². The molecule has 0 unspecified atom stereocenters. The maximum absolute atomic E-state index is 12.8. The second-order valence-corrected chi connectivity index (χ2v) is 7.16. The average molecular weight is 382 g/mol. The van der Waals surface area contributed by atoms with Gasteiger partial charge in [-0.3, -0.25) is 14.2 Å². The molecule has 3 rings (SSSR count). The highest BCUT2D eigenvalue weighted by molar-refractivity contribution is 5.85. The minimum absolute atomic E-state index is 0.0765. The number of phenolic OH excluding ortho intramolecular Hbond substituents is 1. The van der Waals surface area contributed by atoms with E-state index in [4.69, 9.17) is 9.47 Å². The fraction of sp³-hybridized carbons (Fsp3) is 0.286. The number of aromatic hydroxyl groups is 1. The van der Waals surface area contributed by atoms with E-state index in [-0.39, 0.29) is 17.7 Å². The number of benzene rings is 2. The molecule has 0 fully saturated rings. The Balaban J connectivity index is 1.90. The van der Waals surface area contributed by atoms with Crippen molar-refractivity contribution in [2.24, 2.45) is 5.41 Å². The Labute approximate surface area is 162 Å². The zero-order valence-corrected chi connectivity index (χ0v) is 16.0. The number of hydrogen-bond donors (Lipinski definition) is 1. The van der Waals surface area contributed by atoms with E-state index in [9.17, 15) is 14.7 Å². The second-order valence-electron chi connectivity index (χ2n) is 7.16. The predicted octanol–water partition coefficient (Wildman–Crippen LogP) is 2.88. The van der Waals surface area contributed by atoms with Gasteiger partial charge in [0.2, 0.25) is 0 Å². The van der Waals surface area contributed by atoms with Crippen LogP contribution < -0.4 is 10.3 Å². The van der Waals surface area contributed by atoms with Crippen LogP contribution in [0.25, 0.3) is 10.9 Å². The Kier molecular flexibility index (Phi) is 5.35. The van der Waals surface area contributed by atoms with E-state index in [1.54, 1.807) is 19.9 Å². The Morgan fingerprint density at radius 2 is 1.93 bits per heavy atom. The van der Waals surface area contributed by atoms with Crippen LogP contribution in [0.4, 0.5) is 0 Å². The largest absolute Gasteiger partial charge is 0.507 e. The summed E-state index contributed by atoms with van der Waals surface area (Å²) in [6.45, 7) is 3.76. The molecule has 0 bridgehead atoms. The normalized spacial score (nSPS) is 11.4. The summed E-state index contributed by atoms with van der Waals surface area (Å²) in [4.78, 5) is 28.9. The number of rotatable bonds is 6. The molecule has 0 amide bonds. The molecule has 0 spiro atoms. The number of phenols is 1. The van der Waals surface area contributed by atoms with Crippen LogP contribution in [0.5, 0.6) is 11.5 Å². The van der Waals surface area contributed by atoms with Crippen molar-refractivity contribution in [2.75, 3.05) is 7.11 Å². The molecular weight excluding hydrogens is 360 g/mol. The lowest BCUT2D eigenvalue weighted by Gasteiger charge is -2.22. The molecule has 2 aromatic carbocycles. The van der Waals surface area contributed by atoms with Crippen molar-refractivity contribution >= 4 is 16.9 Å². The second kappa shape index (κ2) is 7.72. The van der Waals surface area contributed by atoms with Crippen LogP contribution in [0, 0.1) is 5.41 Å². The van der Waals surface area contributed by atoms with Crippen LogP contribution in [0.3, 0.4) is 0 Å². The fourth-order valence-corrected chi connectivity index (χ4v) is 2.94. The van der Waals surface area contributed by atoms with E-state index in [0.717, 1.165) is 5.56 Å². The molecular formula is C21H22N2O5. The first-order valence-corrected chi connectivity index (χ1v) is 8.79. The number of hydrogen-bond acceptors (Lipinski definition) is 6. The average Bonchev–Trinajstić information content (AvgIpc) is 2.68. The molecule has 0 aliphatic carbocycles. The molecule has 0 radical (unpaired) electrons. The molecule has 3 aromatic rings. The van der Waals surface area contributed by atoms with Gasteiger partial charge in [0, 0.05) is 18.7 Å². The number of fused-ring (bicyclic) bond motifs is 1. The van der Waals surface area contributed by atoms with Gasteiger partial charge in [0.05, 0.1) is 24.4 Å². The standard InChI is InChI=1S/C21H22N2O5/c1-21(2,20(26)27-3)12-23-13-22-16-9-15(10-17(24)18(16)19(23)25)28-11-14-7-5-4-6-8-14/h4-10,13,24H,11-12H2,1-3H3. The maximum atomic E-state index is 12.8. The van der Waals surface area contributed by atoms with Crippen LogP contribution in [0.1, 0.15) is 19.4 Å². The number of methoxy groups -OCH3 is 1. The first-order chi connectivity index (χ1) is 13.3. The van der Waals surface area contributed by atoms with Gasteiger partial charge in [0.1, 0.15) is 23.5 Å². The van der Waals surface area contributed by atoms with Gasteiger partial charge in [-0.25, -0.2) is 4.98 Å². The number of nitrogens with zero attached hydrogens (tertiary/aromatic N) is 2. The van der Waals surface area contributed by atoms with E-state index < -0.39 is 16.9 Å². The zero-order valence-electron chi connectivity index (χ0n) is 16.0. The smallest absolute Gasteiger partial charge is 0.313 e. The number of aromatic nitrogens is 2. The Hall–Kier alpha value is -3.35. The van der Waals surface area contributed by atoms with Crippen molar-refractivity contribution in [3.8, 4) is 11.5 Å². The topological polar surface area (TPSA) is 90.7 Å². The van der Waals surface area contributed by atoms with E-state index >= 15 is 0 Å². The highest BCUT2D eigenvalue weighted by atomic mass is 16.5. The number of carbonyl (C=O) groups excluding carboxylic acids is 1. The summed E-state index contributed by atoms with van der Waals surface area (Å²) in [5.41, 5.74) is -0.0489. The highest BCUT2D eigenvalue weighted by Crippen LogP contribution is 2.28. The van der Waals surface area contributed by atoms with E-state index in [0.29, 0.717) is 17.9 Å². The zero-order chi connectivity index (χ0) is 20.3. The molecule has 1 heterocycles. The summed E-state index contributed by atoms with van der Waals surface area (Å²) < 4.78 is 11.8. The monoisotopic (exact) mass is 382 g/mol. The summed E-state index contributed by atoms with van der Waals surface area (Å²) in [6, 6.07) is 12.6. The van der Waals surface area contributed by atoms with Crippen molar-refractivity contribution in [3.63, 3.8) is 0 Å². The van der Waals surface area contributed by atoms with Crippen molar-refractivity contribution in [1.82, 2.24) is 9.55 Å². The first-order valence-electron chi connectivity index (χ1n) is 8.79. The van der Waals surface area contributed by atoms with E-state index in [1.807, 2.05) is 30.3 Å². The lowest BCUT2D eigenvalue weighted by atomic mass is 9.93. The summed E-state index contributed by atoms with van der Waals surface area (Å²) in [7, 11) is 1.30. The lowest BCUT2D eigenvalue weighted by molar-refractivity contribution is -0.151. The Bertz CT molecular complexity index is 1060.